The van der Waals surface area contributed by atoms with Gasteiger partial charge in [0, 0.05) is 24.2 Å². The maximum absolute atomic E-state index is 13.5. The molecule has 6 heteroatoms. The van der Waals surface area contributed by atoms with Gasteiger partial charge in [-0.3, -0.25) is 4.68 Å². The van der Waals surface area contributed by atoms with E-state index in [9.17, 15) is 8.78 Å². The van der Waals surface area contributed by atoms with Crippen LogP contribution in [0.4, 0.5) is 14.6 Å². The Labute approximate surface area is 96.6 Å². The van der Waals surface area contributed by atoms with Crippen molar-refractivity contribution in [1.29, 1.82) is 0 Å². The Bertz CT molecular complexity index is 566. The molecule has 1 aromatic carbocycles. The number of hydrogen-bond acceptors (Lipinski definition) is 3. The summed E-state index contributed by atoms with van der Waals surface area (Å²) in [7, 11) is 2.95. The lowest BCUT2D eigenvalue weighted by molar-refractivity contribution is 0.386. The summed E-state index contributed by atoms with van der Waals surface area (Å²) in [6, 6.07) is 1.92. The quantitative estimate of drug-likeness (QED) is 0.871. The van der Waals surface area contributed by atoms with E-state index in [2.05, 4.69) is 5.10 Å². The molecule has 0 saturated heterocycles. The summed E-state index contributed by atoms with van der Waals surface area (Å²) in [5.41, 5.74) is 6.44. The molecule has 2 aromatic rings. The van der Waals surface area contributed by atoms with E-state index in [0.29, 0.717) is 11.4 Å². The number of methoxy groups -OCH3 is 1. The lowest BCUT2D eigenvalue weighted by Crippen LogP contribution is -1.99. The number of nitrogen functional groups attached to an aromatic ring is 1. The van der Waals surface area contributed by atoms with Crippen LogP contribution in [0.3, 0.4) is 0 Å². The van der Waals surface area contributed by atoms with Crippen molar-refractivity contribution in [2.45, 2.75) is 0 Å². The topological polar surface area (TPSA) is 53.1 Å². The van der Waals surface area contributed by atoms with Crippen molar-refractivity contribution in [3.63, 3.8) is 0 Å². The zero-order valence-electron chi connectivity index (χ0n) is 9.37. The fourth-order valence-corrected chi connectivity index (χ4v) is 1.62. The van der Waals surface area contributed by atoms with E-state index in [1.165, 1.54) is 18.0 Å². The van der Waals surface area contributed by atoms with Gasteiger partial charge in [-0.1, -0.05) is 0 Å². The van der Waals surface area contributed by atoms with Gasteiger partial charge in [0.05, 0.1) is 13.3 Å². The highest BCUT2D eigenvalue weighted by Gasteiger charge is 2.17. The van der Waals surface area contributed by atoms with Crippen molar-refractivity contribution in [3.05, 3.63) is 30.0 Å². The van der Waals surface area contributed by atoms with Crippen LogP contribution < -0.4 is 10.5 Å². The van der Waals surface area contributed by atoms with Gasteiger partial charge in [0.2, 0.25) is 0 Å². The molecular formula is C11H11F2N3O. The second kappa shape index (κ2) is 4.04. The van der Waals surface area contributed by atoms with E-state index in [1.54, 1.807) is 7.05 Å². The summed E-state index contributed by atoms with van der Waals surface area (Å²) in [4.78, 5) is 0. The molecule has 2 N–H and O–H groups in total. The third-order valence-corrected chi connectivity index (χ3v) is 2.49. The minimum atomic E-state index is -0.772. The Balaban J connectivity index is 2.70. The lowest BCUT2D eigenvalue weighted by atomic mass is 10.1. The molecule has 0 unspecified atom stereocenters. The van der Waals surface area contributed by atoms with E-state index >= 15 is 0 Å². The molecule has 17 heavy (non-hydrogen) atoms. The first-order valence-electron chi connectivity index (χ1n) is 4.85. The van der Waals surface area contributed by atoms with E-state index in [-0.39, 0.29) is 11.3 Å². The molecule has 0 spiro atoms. The van der Waals surface area contributed by atoms with Crippen molar-refractivity contribution >= 4 is 5.82 Å². The number of aryl methyl sites for hydroxylation is 1. The minimum Gasteiger partial charge on any atom is -0.493 e. The fourth-order valence-electron chi connectivity index (χ4n) is 1.62. The van der Waals surface area contributed by atoms with Gasteiger partial charge in [-0.05, 0) is 6.07 Å². The molecule has 0 aliphatic carbocycles. The standard InChI is InChI=1S/C11H11F2N3O/c1-16-11(14)8(5-15-16)7-3-6(12)4-9(13)10(7)17-2/h3-5H,14H2,1-2H3. The SMILES string of the molecule is COc1c(F)cc(F)cc1-c1cnn(C)c1N. The van der Waals surface area contributed by atoms with E-state index < -0.39 is 11.6 Å². The molecule has 0 bridgehead atoms. The average molecular weight is 239 g/mol. The first-order valence-corrected chi connectivity index (χ1v) is 4.85. The molecule has 0 fully saturated rings. The Morgan fingerprint density at radius 3 is 2.53 bits per heavy atom. The molecule has 90 valence electrons. The highest BCUT2D eigenvalue weighted by atomic mass is 19.1. The third kappa shape index (κ3) is 1.82. The maximum atomic E-state index is 13.5. The molecule has 4 nitrogen and oxygen atoms in total. The largest absolute Gasteiger partial charge is 0.493 e. The molecule has 0 atom stereocenters. The highest BCUT2D eigenvalue weighted by Crippen LogP contribution is 2.35. The van der Waals surface area contributed by atoms with E-state index in [1.807, 2.05) is 0 Å². The van der Waals surface area contributed by atoms with Gasteiger partial charge < -0.3 is 10.5 Å². The highest BCUT2D eigenvalue weighted by molar-refractivity contribution is 5.78. The summed E-state index contributed by atoms with van der Waals surface area (Å²) in [5, 5.41) is 3.92. The smallest absolute Gasteiger partial charge is 0.168 e. The van der Waals surface area contributed by atoms with Crippen LogP contribution in [-0.2, 0) is 7.05 Å². The zero-order chi connectivity index (χ0) is 12.6. The molecule has 2 rings (SSSR count). The lowest BCUT2D eigenvalue weighted by Gasteiger charge is -2.09. The van der Waals surface area contributed by atoms with Gasteiger partial charge in [0.15, 0.2) is 11.6 Å². The van der Waals surface area contributed by atoms with Crippen molar-refractivity contribution in [3.8, 4) is 16.9 Å². The number of benzene rings is 1. The van der Waals surface area contributed by atoms with Gasteiger partial charge in [0.25, 0.3) is 0 Å². The molecule has 0 aliphatic rings. The first kappa shape index (κ1) is 11.4. The number of aromatic nitrogens is 2. The van der Waals surface area contributed by atoms with Gasteiger partial charge >= 0.3 is 0 Å². The third-order valence-electron chi connectivity index (χ3n) is 2.49. The molecular weight excluding hydrogens is 228 g/mol. The molecule has 0 saturated carbocycles. The van der Waals surface area contributed by atoms with Crippen LogP contribution in [0.15, 0.2) is 18.3 Å². The number of ether oxygens (including phenoxy) is 1. The second-order valence-corrected chi connectivity index (χ2v) is 3.54. The van der Waals surface area contributed by atoms with Gasteiger partial charge in [-0.2, -0.15) is 5.10 Å². The van der Waals surface area contributed by atoms with Gasteiger partial charge in [-0.15, -0.1) is 0 Å². The van der Waals surface area contributed by atoms with Crippen molar-refractivity contribution in [2.75, 3.05) is 12.8 Å². The van der Waals surface area contributed by atoms with Crippen molar-refractivity contribution in [1.82, 2.24) is 9.78 Å². The number of hydrogen-bond donors (Lipinski definition) is 1. The van der Waals surface area contributed by atoms with Crippen LogP contribution >= 0.6 is 0 Å². The Morgan fingerprint density at radius 1 is 1.29 bits per heavy atom. The van der Waals surface area contributed by atoms with Crippen LogP contribution in [0.2, 0.25) is 0 Å². The number of halogens is 2. The average Bonchev–Trinajstić information content (AvgIpc) is 2.59. The summed E-state index contributed by atoms with van der Waals surface area (Å²) in [6.45, 7) is 0. The Hall–Kier alpha value is -2.11. The van der Waals surface area contributed by atoms with Gasteiger partial charge in [0.1, 0.15) is 11.6 Å². The maximum Gasteiger partial charge on any atom is 0.168 e. The predicted octanol–water partition coefficient (Wildman–Crippen LogP) is 1.96. The first-order chi connectivity index (χ1) is 8.04. The van der Waals surface area contributed by atoms with Crippen LogP contribution in [-0.4, -0.2) is 16.9 Å². The minimum absolute atomic E-state index is 0.0499. The van der Waals surface area contributed by atoms with Crippen LogP contribution in [0.5, 0.6) is 5.75 Å². The fraction of sp³-hybridized carbons (Fsp3) is 0.182. The molecule has 1 aromatic heterocycles. The second-order valence-electron chi connectivity index (χ2n) is 3.54. The van der Waals surface area contributed by atoms with E-state index in [4.69, 9.17) is 10.5 Å². The molecule has 1 heterocycles. The zero-order valence-corrected chi connectivity index (χ0v) is 9.37. The predicted molar refractivity (Wildman–Crippen MR) is 59.5 cm³/mol. The summed E-state index contributed by atoms with van der Waals surface area (Å²) >= 11 is 0. The Morgan fingerprint density at radius 2 is 2.00 bits per heavy atom. The van der Waals surface area contributed by atoms with Crippen LogP contribution in [0.1, 0.15) is 0 Å². The van der Waals surface area contributed by atoms with Crippen LogP contribution in [0, 0.1) is 11.6 Å². The van der Waals surface area contributed by atoms with Gasteiger partial charge in [-0.25, -0.2) is 8.78 Å². The number of nitrogens with zero attached hydrogens (tertiary/aromatic N) is 2. The summed E-state index contributed by atoms with van der Waals surface area (Å²) in [5.74, 6) is -1.20. The normalized spacial score (nSPS) is 10.6. The number of rotatable bonds is 2. The summed E-state index contributed by atoms with van der Waals surface area (Å²) in [6.07, 6.45) is 1.44. The van der Waals surface area contributed by atoms with Crippen molar-refractivity contribution in [2.24, 2.45) is 7.05 Å². The van der Waals surface area contributed by atoms with E-state index in [0.717, 1.165) is 12.1 Å². The number of nitrogens with two attached hydrogens (primary N) is 1. The number of anilines is 1. The Kier molecular flexibility index (Phi) is 2.71. The molecule has 0 radical (unpaired) electrons. The summed E-state index contributed by atoms with van der Waals surface area (Å²) < 4.78 is 33.0. The van der Waals surface area contributed by atoms with Crippen molar-refractivity contribution < 1.29 is 13.5 Å². The van der Waals surface area contributed by atoms with Crippen LogP contribution in [0.25, 0.3) is 11.1 Å². The molecule has 0 aliphatic heterocycles. The monoisotopic (exact) mass is 239 g/mol. The molecule has 0 amide bonds.